The maximum Gasteiger partial charge on any atom is 0.220 e. The first-order chi connectivity index (χ1) is 12.2. The van der Waals surface area contributed by atoms with Crippen molar-refractivity contribution in [1.29, 1.82) is 0 Å². The first-order valence-corrected chi connectivity index (χ1v) is 10.3. The van der Waals surface area contributed by atoms with Crippen LogP contribution in [0.3, 0.4) is 0 Å². The average molecular weight is 360 g/mol. The third-order valence-corrected chi connectivity index (χ3v) is 6.67. The zero-order chi connectivity index (χ0) is 17.2. The predicted molar refractivity (Wildman–Crippen MR) is 101 cm³/mol. The van der Waals surface area contributed by atoms with Gasteiger partial charge in [-0.15, -0.1) is 11.3 Å². The number of hydrogen-bond donors (Lipinski definition) is 1. The highest BCUT2D eigenvalue weighted by molar-refractivity contribution is 7.17. The monoisotopic (exact) mass is 360 g/mol. The zero-order valence-corrected chi connectivity index (χ0v) is 15.3. The minimum absolute atomic E-state index is 0.148. The lowest BCUT2D eigenvalue weighted by atomic mass is 9.89. The fourth-order valence-electron chi connectivity index (χ4n) is 4.24. The number of thiophene rings is 1. The van der Waals surface area contributed by atoms with Crippen molar-refractivity contribution >= 4 is 27.3 Å². The number of carbonyl (C=O) groups is 1. The summed E-state index contributed by atoms with van der Waals surface area (Å²) in [6.45, 7) is 3.31. The van der Waals surface area contributed by atoms with E-state index in [1.54, 1.807) is 23.5 Å². The van der Waals surface area contributed by atoms with Crippen LogP contribution in [0.2, 0.25) is 0 Å². The number of halogens is 1. The normalized spacial score (nSPS) is 23.1. The predicted octanol–water partition coefficient (Wildman–Crippen LogP) is 4.28. The first-order valence-electron chi connectivity index (χ1n) is 9.37. The highest BCUT2D eigenvalue weighted by Gasteiger charge is 2.24. The summed E-state index contributed by atoms with van der Waals surface area (Å²) in [5, 5.41) is 6.57. The lowest BCUT2D eigenvalue weighted by Gasteiger charge is -2.33. The summed E-state index contributed by atoms with van der Waals surface area (Å²) >= 11 is 1.66. The van der Waals surface area contributed by atoms with Crippen LogP contribution in [0, 0.1) is 5.82 Å². The Labute approximate surface area is 152 Å². The van der Waals surface area contributed by atoms with E-state index < -0.39 is 0 Å². The van der Waals surface area contributed by atoms with E-state index >= 15 is 0 Å². The number of fused-ring (bicyclic) bond motifs is 1. The molecular formula is C20H25FN2OS. The Balaban J connectivity index is 1.31. The Morgan fingerprint density at radius 1 is 1.24 bits per heavy atom. The summed E-state index contributed by atoms with van der Waals surface area (Å²) in [6, 6.07) is 5.53. The van der Waals surface area contributed by atoms with E-state index in [0.717, 1.165) is 43.6 Å². The zero-order valence-electron chi connectivity index (χ0n) is 14.5. The Hall–Kier alpha value is -1.46. The molecule has 0 saturated carbocycles. The van der Waals surface area contributed by atoms with Gasteiger partial charge in [-0.3, -0.25) is 4.79 Å². The Kier molecular flexibility index (Phi) is 5.04. The Bertz CT molecular complexity index is 751. The molecule has 0 aliphatic carbocycles. The minimum Gasteiger partial charge on any atom is -0.353 e. The molecule has 1 aromatic carbocycles. The van der Waals surface area contributed by atoms with E-state index in [2.05, 4.69) is 15.6 Å². The summed E-state index contributed by atoms with van der Waals surface area (Å²) < 4.78 is 14.4. The molecule has 3 nitrogen and oxygen atoms in total. The molecule has 0 radical (unpaired) electrons. The number of nitrogens with one attached hydrogen (secondary N) is 1. The molecule has 2 aromatic rings. The van der Waals surface area contributed by atoms with Crippen molar-refractivity contribution in [2.24, 2.45) is 0 Å². The molecule has 0 spiro atoms. The van der Waals surface area contributed by atoms with Crippen molar-refractivity contribution in [2.45, 2.75) is 50.5 Å². The quantitative estimate of drug-likeness (QED) is 0.883. The summed E-state index contributed by atoms with van der Waals surface area (Å²) in [6.07, 6.45) is 6.25. The molecule has 2 aliphatic heterocycles. The van der Waals surface area contributed by atoms with Crippen LogP contribution in [-0.2, 0) is 4.79 Å². The highest BCUT2D eigenvalue weighted by Crippen LogP contribution is 2.37. The summed E-state index contributed by atoms with van der Waals surface area (Å²) in [4.78, 5) is 14.0. The van der Waals surface area contributed by atoms with Gasteiger partial charge in [-0.1, -0.05) is 6.07 Å². The third kappa shape index (κ3) is 3.87. The number of benzene rings is 1. The fraction of sp³-hybridized carbons (Fsp3) is 0.550. The lowest BCUT2D eigenvalue weighted by Crippen LogP contribution is -2.42. The maximum atomic E-state index is 13.4. The van der Waals surface area contributed by atoms with E-state index in [9.17, 15) is 9.18 Å². The van der Waals surface area contributed by atoms with E-state index in [1.165, 1.54) is 23.8 Å². The molecule has 1 atom stereocenters. The van der Waals surface area contributed by atoms with E-state index in [0.29, 0.717) is 18.4 Å². The van der Waals surface area contributed by atoms with Gasteiger partial charge in [0.2, 0.25) is 5.91 Å². The molecule has 3 heterocycles. The second-order valence-corrected chi connectivity index (χ2v) is 8.30. The molecule has 5 heteroatoms. The highest BCUT2D eigenvalue weighted by atomic mass is 32.1. The van der Waals surface area contributed by atoms with Crippen LogP contribution in [0.1, 0.15) is 50.0 Å². The smallest absolute Gasteiger partial charge is 0.220 e. The SMILES string of the molecule is O=C1CCCC(CCN2CCC(c3csc4cc(F)ccc34)CC2)N1. The van der Waals surface area contributed by atoms with Gasteiger partial charge in [0.1, 0.15) is 5.82 Å². The van der Waals surface area contributed by atoms with E-state index in [-0.39, 0.29) is 11.7 Å². The number of rotatable bonds is 4. The molecule has 2 fully saturated rings. The van der Waals surface area contributed by atoms with Crippen molar-refractivity contribution in [2.75, 3.05) is 19.6 Å². The molecule has 2 aliphatic rings. The van der Waals surface area contributed by atoms with Crippen LogP contribution >= 0.6 is 11.3 Å². The number of nitrogens with zero attached hydrogens (tertiary/aromatic N) is 1. The van der Waals surface area contributed by atoms with Gasteiger partial charge in [0.25, 0.3) is 0 Å². The van der Waals surface area contributed by atoms with E-state index in [1.807, 2.05) is 6.07 Å². The Morgan fingerprint density at radius 2 is 2.08 bits per heavy atom. The van der Waals surface area contributed by atoms with Crippen molar-refractivity contribution in [3.8, 4) is 0 Å². The van der Waals surface area contributed by atoms with E-state index in [4.69, 9.17) is 0 Å². The summed E-state index contributed by atoms with van der Waals surface area (Å²) in [5.41, 5.74) is 1.40. The van der Waals surface area contributed by atoms with Crippen molar-refractivity contribution in [3.63, 3.8) is 0 Å². The molecule has 25 heavy (non-hydrogen) atoms. The molecule has 1 aromatic heterocycles. The van der Waals surface area contributed by atoms with Crippen molar-refractivity contribution < 1.29 is 9.18 Å². The molecular weight excluding hydrogens is 335 g/mol. The topological polar surface area (TPSA) is 32.3 Å². The van der Waals surface area contributed by atoms with Gasteiger partial charge >= 0.3 is 0 Å². The molecule has 0 bridgehead atoms. The van der Waals surface area contributed by atoms with Crippen LogP contribution in [-0.4, -0.2) is 36.5 Å². The second-order valence-electron chi connectivity index (χ2n) is 7.39. The molecule has 2 saturated heterocycles. The minimum atomic E-state index is -0.148. The number of carbonyl (C=O) groups excluding carboxylic acids is 1. The van der Waals surface area contributed by atoms with Gasteiger partial charge < -0.3 is 10.2 Å². The Morgan fingerprint density at radius 3 is 2.88 bits per heavy atom. The largest absolute Gasteiger partial charge is 0.353 e. The average Bonchev–Trinajstić information content (AvgIpc) is 3.03. The van der Waals surface area contributed by atoms with Gasteiger partial charge in [-0.05, 0) is 79.6 Å². The van der Waals surface area contributed by atoms with Crippen LogP contribution in [0.15, 0.2) is 23.6 Å². The molecule has 4 rings (SSSR count). The van der Waals surface area contributed by atoms with Crippen LogP contribution < -0.4 is 5.32 Å². The number of amides is 1. The van der Waals surface area contributed by atoms with Crippen LogP contribution in [0.5, 0.6) is 0 Å². The van der Waals surface area contributed by atoms with Gasteiger partial charge in [0.05, 0.1) is 0 Å². The lowest BCUT2D eigenvalue weighted by molar-refractivity contribution is -0.123. The van der Waals surface area contributed by atoms with Gasteiger partial charge in [0, 0.05) is 23.7 Å². The first kappa shape index (κ1) is 17.0. The molecule has 1 unspecified atom stereocenters. The van der Waals surface area contributed by atoms with Gasteiger partial charge in [-0.2, -0.15) is 0 Å². The summed E-state index contributed by atoms with van der Waals surface area (Å²) in [5.74, 6) is 0.658. The van der Waals surface area contributed by atoms with Crippen molar-refractivity contribution in [1.82, 2.24) is 10.2 Å². The second kappa shape index (κ2) is 7.42. The van der Waals surface area contributed by atoms with Crippen LogP contribution in [0.4, 0.5) is 4.39 Å². The fourth-order valence-corrected chi connectivity index (χ4v) is 5.31. The summed E-state index contributed by atoms with van der Waals surface area (Å²) in [7, 11) is 0. The van der Waals surface area contributed by atoms with Crippen molar-refractivity contribution in [3.05, 3.63) is 35.0 Å². The molecule has 134 valence electrons. The maximum absolute atomic E-state index is 13.4. The van der Waals surface area contributed by atoms with Crippen LogP contribution in [0.25, 0.3) is 10.1 Å². The third-order valence-electron chi connectivity index (χ3n) is 5.71. The molecule has 1 amide bonds. The molecule has 1 N–H and O–H groups in total. The number of hydrogen-bond acceptors (Lipinski definition) is 3. The standard InChI is InChI=1S/C20H25FN2OS/c21-15-4-5-17-18(13-25-19(17)12-15)14-6-9-23(10-7-14)11-8-16-2-1-3-20(24)22-16/h4-5,12-14,16H,1-3,6-11H2,(H,22,24). The number of piperidine rings is 2. The van der Waals surface area contributed by atoms with Gasteiger partial charge in [-0.25, -0.2) is 4.39 Å². The van der Waals surface area contributed by atoms with Gasteiger partial charge in [0.15, 0.2) is 0 Å². The number of likely N-dealkylation sites (tertiary alicyclic amines) is 1.